The number of rotatable bonds is 4. The van der Waals surface area contributed by atoms with Gasteiger partial charge in [-0.15, -0.1) is 24.0 Å². The van der Waals surface area contributed by atoms with Crippen molar-refractivity contribution in [3.05, 3.63) is 42.2 Å². The number of aliphatic imine (C=N–C) groups is 1. The summed E-state index contributed by atoms with van der Waals surface area (Å²) in [6.07, 6.45) is 4.30. The van der Waals surface area contributed by atoms with Gasteiger partial charge in [-0.2, -0.15) is 5.10 Å². The van der Waals surface area contributed by atoms with Crippen LogP contribution in [-0.2, 0) is 6.54 Å². The molecule has 0 spiro atoms. The van der Waals surface area contributed by atoms with Gasteiger partial charge in [0, 0.05) is 19.3 Å². The number of methoxy groups -OCH3 is 1. The molecule has 0 aliphatic carbocycles. The highest BCUT2D eigenvalue weighted by Crippen LogP contribution is 2.16. The summed E-state index contributed by atoms with van der Waals surface area (Å²) < 4.78 is 7.01. The number of hydrogen-bond acceptors (Lipinski definition) is 3. The molecule has 0 bridgehead atoms. The molecule has 2 heterocycles. The summed E-state index contributed by atoms with van der Waals surface area (Å²) in [5.41, 5.74) is 8.01. The molecule has 7 heteroatoms. The van der Waals surface area contributed by atoms with Gasteiger partial charge in [0.05, 0.1) is 25.0 Å². The second kappa shape index (κ2) is 9.07. The fraction of sp³-hybridized carbons (Fsp3) is 0.444. The molecule has 1 aliphatic rings. The molecule has 0 unspecified atom stereocenters. The molecular weight excluding hydrogens is 429 g/mol. The monoisotopic (exact) mass is 455 g/mol. The number of guanidine groups is 1. The molecule has 0 radical (unpaired) electrons. The van der Waals surface area contributed by atoms with E-state index in [0.29, 0.717) is 12.5 Å². The first-order valence-corrected chi connectivity index (χ1v) is 8.39. The Balaban J connectivity index is 0.00000225. The smallest absolute Gasteiger partial charge is 0.191 e. The average Bonchev–Trinajstić information content (AvgIpc) is 3.09. The number of nitrogens with zero attached hydrogens (tertiary/aromatic N) is 4. The van der Waals surface area contributed by atoms with E-state index in [4.69, 9.17) is 10.5 Å². The van der Waals surface area contributed by atoms with E-state index in [1.165, 1.54) is 12.8 Å². The zero-order valence-corrected chi connectivity index (χ0v) is 17.1. The third-order valence-electron chi connectivity index (χ3n) is 4.49. The van der Waals surface area contributed by atoms with E-state index in [9.17, 15) is 0 Å². The molecule has 1 saturated heterocycles. The van der Waals surface area contributed by atoms with Gasteiger partial charge in [-0.25, -0.2) is 9.67 Å². The summed E-state index contributed by atoms with van der Waals surface area (Å²) in [6, 6.07) is 9.76. The Morgan fingerprint density at radius 2 is 1.92 bits per heavy atom. The Morgan fingerprint density at radius 1 is 1.24 bits per heavy atom. The lowest BCUT2D eigenvalue weighted by molar-refractivity contribution is 0.277. The van der Waals surface area contributed by atoms with Crippen LogP contribution < -0.4 is 10.5 Å². The molecule has 1 aromatic carbocycles. The van der Waals surface area contributed by atoms with E-state index in [2.05, 4.69) is 21.9 Å². The minimum atomic E-state index is 0. The third kappa shape index (κ3) is 5.10. The minimum absolute atomic E-state index is 0. The first-order chi connectivity index (χ1) is 11.7. The molecule has 136 valence electrons. The second-order valence-electron chi connectivity index (χ2n) is 6.29. The molecule has 0 saturated carbocycles. The van der Waals surface area contributed by atoms with Crippen molar-refractivity contribution in [1.29, 1.82) is 0 Å². The number of piperidine rings is 1. The van der Waals surface area contributed by atoms with Crippen molar-refractivity contribution in [3.8, 4) is 11.4 Å². The Labute approximate surface area is 166 Å². The van der Waals surface area contributed by atoms with Crippen LogP contribution in [0.25, 0.3) is 5.69 Å². The Hall–Kier alpha value is -1.77. The molecule has 3 rings (SSSR count). The Kier molecular flexibility index (Phi) is 7.10. The number of aromatic nitrogens is 2. The van der Waals surface area contributed by atoms with Crippen LogP contribution in [0.5, 0.6) is 5.75 Å². The molecule has 1 fully saturated rings. The number of benzene rings is 1. The highest BCUT2D eigenvalue weighted by Gasteiger charge is 2.16. The zero-order valence-electron chi connectivity index (χ0n) is 14.8. The Morgan fingerprint density at radius 3 is 2.56 bits per heavy atom. The fourth-order valence-corrected chi connectivity index (χ4v) is 2.82. The number of nitrogens with two attached hydrogens (primary N) is 1. The summed E-state index contributed by atoms with van der Waals surface area (Å²) >= 11 is 0. The first kappa shape index (κ1) is 19.6. The topological polar surface area (TPSA) is 68.7 Å². The SMILES string of the molecule is COc1ccc(-n2ccc(CN=C(N)N3CCC(C)CC3)n2)cc1.I. The maximum absolute atomic E-state index is 6.12. The van der Waals surface area contributed by atoms with Crippen molar-refractivity contribution in [2.75, 3.05) is 20.2 Å². The van der Waals surface area contributed by atoms with E-state index in [1.54, 1.807) is 7.11 Å². The third-order valence-corrected chi connectivity index (χ3v) is 4.49. The maximum Gasteiger partial charge on any atom is 0.191 e. The van der Waals surface area contributed by atoms with Crippen LogP contribution in [0.2, 0.25) is 0 Å². The lowest BCUT2D eigenvalue weighted by atomic mass is 10.00. The van der Waals surface area contributed by atoms with E-state index in [-0.39, 0.29) is 24.0 Å². The lowest BCUT2D eigenvalue weighted by Crippen LogP contribution is -2.42. The fourth-order valence-electron chi connectivity index (χ4n) is 2.82. The van der Waals surface area contributed by atoms with Crippen LogP contribution in [0.15, 0.2) is 41.5 Å². The van der Waals surface area contributed by atoms with Gasteiger partial charge in [0.15, 0.2) is 5.96 Å². The van der Waals surface area contributed by atoms with Crippen LogP contribution in [0.1, 0.15) is 25.5 Å². The summed E-state index contributed by atoms with van der Waals surface area (Å²) in [4.78, 5) is 6.67. The predicted molar refractivity (Wildman–Crippen MR) is 111 cm³/mol. The van der Waals surface area contributed by atoms with Crippen LogP contribution in [0.4, 0.5) is 0 Å². The Bertz CT molecular complexity index is 690. The zero-order chi connectivity index (χ0) is 16.9. The largest absolute Gasteiger partial charge is 0.497 e. The van der Waals surface area contributed by atoms with Crippen LogP contribution in [0, 0.1) is 5.92 Å². The molecule has 6 nitrogen and oxygen atoms in total. The van der Waals surface area contributed by atoms with Crippen molar-refractivity contribution < 1.29 is 4.74 Å². The van der Waals surface area contributed by atoms with Crippen molar-refractivity contribution in [1.82, 2.24) is 14.7 Å². The minimum Gasteiger partial charge on any atom is -0.497 e. The number of halogens is 1. The maximum atomic E-state index is 6.12. The number of ether oxygens (including phenoxy) is 1. The van der Waals surface area contributed by atoms with Gasteiger partial charge in [-0.3, -0.25) is 0 Å². The molecule has 1 aromatic heterocycles. The molecule has 1 aliphatic heterocycles. The van der Waals surface area contributed by atoms with Gasteiger partial charge in [0.2, 0.25) is 0 Å². The van der Waals surface area contributed by atoms with Crippen molar-refractivity contribution in [2.45, 2.75) is 26.3 Å². The molecule has 0 amide bonds. The van der Waals surface area contributed by atoms with E-state index in [0.717, 1.165) is 36.1 Å². The molecule has 0 atom stereocenters. The van der Waals surface area contributed by atoms with Gasteiger partial charge in [-0.05, 0) is 49.1 Å². The normalized spacial score (nSPS) is 15.8. The van der Waals surface area contributed by atoms with E-state index in [1.807, 2.05) is 41.2 Å². The number of hydrogen-bond donors (Lipinski definition) is 1. The number of likely N-dealkylation sites (tertiary alicyclic amines) is 1. The standard InChI is InChI=1S/C18H25N5O.HI/c1-14-7-10-22(11-8-14)18(19)20-13-15-9-12-23(21-15)16-3-5-17(24-2)6-4-16;/h3-6,9,12,14H,7-8,10-11,13H2,1-2H3,(H2,19,20);1H. The van der Waals surface area contributed by atoms with Crippen LogP contribution in [-0.4, -0.2) is 40.8 Å². The molecular formula is C18H26IN5O. The van der Waals surface area contributed by atoms with Crippen molar-refractivity contribution in [2.24, 2.45) is 16.6 Å². The highest BCUT2D eigenvalue weighted by molar-refractivity contribution is 14.0. The summed E-state index contributed by atoms with van der Waals surface area (Å²) in [7, 11) is 1.66. The van der Waals surface area contributed by atoms with Crippen LogP contribution >= 0.6 is 24.0 Å². The quantitative estimate of drug-likeness (QED) is 0.437. The van der Waals surface area contributed by atoms with Gasteiger partial charge < -0.3 is 15.4 Å². The summed E-state index contributed by atoms with van der Waals surface area (Å²) in [5, 5.41) is 4.56. The van der Waals surface area contributed by atoms with Gasteiger partial charge in [-0.1, -0.05) is 6.92 Å². The summed E-state index contributed by atoms with van der Waals surface area (Å²) in [6.45, 7) is 4.78. The van der Waals surface area contributed by atoms with E-state index < -0.39 is 0 Å². The average molecular weight is 455 g/mol. The molecule has 25 heavy (non-hydrogen) atoms. The molecule has 2 aromatic rings. The first-order valence-electron chi connectivity index (χ1n) is 8.39. The second-order valence-corrected chi connectivity index (χ2v) is 6.29. The van der Waals surface area contributed by atoms with Crippen molar-refractivity contribution in [3.63, 3.8) is 0 Å². The van der Waals surface area contributed by atoms with Crippen molar-refractivity contribution >= 4 is 29.9 Å². The van der Waals surface area contributed by atoms with Crippen LogP contribution in [0.3, 0.4) is 0 Å². The summed E-state index contributed by atoms with van der Waals surface area (Å²) in [5.74, 6) is 2.24. The van der Waals surface area contributed by atoms with E-state index >= 15 is 0 Å². The van der Waals surface area contributed by atoms with Gasteiger partial charge >= 0.3 is 0 Å². The predicted octanol–water partition coefficient (Wildman–Crippen LogP) is 3.05. The molecule has 2 N–H and O–H groups in total. The highest BCUT2D eigenvalue weighted by atomic mass is 127. The van der Waals surface area contributed by atoms with Gasteiger partial charge in [0.1, 0.15) is 5.75 Å². The lowest BCUT2D eigenvalue weighted by Gasteiger charge is -2.30. The van der Waals surface area contributed by atoms with Gasteiger partial charge in [0.25, 0.3) is 0 Å².